The quantitative estimate of drug-likeness (QED) is 0.496. The van der Waals surface area contributed by atoms with Crippen molar-refractivity contribution in [1.29, 1.82) is 0 Å². The zero-order chi connectivity index (χ0) is 24.6. The second-order valence-corrected chi connectivity index (χ2v) is 11.8. The molecule has 1 aliphatic rings. The molecule has 0 fully saturated rings. The van der Waals surface area contributed by atoms with Crippen LogP contribution in [-0.4, -0.2) is 32.1 Å². The molecule has 0 bridgehead atoms. The molecule has 1 heterocycles. The van der Waals surface area contributed by atoms with Crippen LogP contribution in [0, 0.1) is 5.92 Å². The number of nitrogens with one attached hydrogen (secondary N) is 1. The Hall–Kier alpha value is -2.34. The van der Waals surface area contributed by atoms with Gasteiger partial charge in [0, 0.05) is 10.4 Å². The molecule has 5 nitrogen and oxygen atoms in total. The van der Waals surface area contributed by atoms with E-state index in [0.717, 1.165) is 29.0 Å². The second-order valence-electron chi connectivity index (χ2n) is 10.7. The van der Waals surface area contributed by atoms with E-state index in [1.807, 2.05) is 26.0 Å². The number of hydrogen-bond acceptors (Lipinski definition) is 5. The molecule has 1 aliphatic carbocycles. The summed E-state index contributed by atoms with van der Waals surface area (Å²) in [6.07, 6.45) is 2.79. The molecule has 3 rings (SSSR count). The standard InChI is InChI=1S/C27H37NO4S/c1-16(2)13-20(25(30)32-8)28-24(29)23-10-9-22(33-23)17-14-18-19(15-21(17)31-7)27(5,6)12-11-26(18,3)4/h9-10,14-16,20H,11-13H2,1-8H3,(H,28,29). The maximum Gasteiger partial charge on any atom is 0.328 e. The van der Waals surface area contributed by atoms with Crippen molar-refractivity contribution in [2.45, 2.75) is 77.7 Å². The molecular formula is C27H37NO4S. The van der Waals surface area contributed by atoms with Crippen LogP contribution >= 0.6 is 11.3 Å². The van der Waals surface area contributed by atoms with Crippen molar-refractivity contribution in [2.75, 3.05) is 14.2 Å². The van der Waals surface area contributed by atoms with Gasteiger partial charge < -0.3 is 14.8 Å². The fraction of sp³-hybridized carbons (Fsp3) is 0.556. The average molecular weight is 472 g/mol. The molecule has 6 heteroatoms. The van der Waals surface area contributed by atoms with E-state index >= 15 is 0 Å². The predicted octanol–water partition coefficient (Wildman–Crippen LogP) is 6.09. The summed E-state index contributed by atoms with van der Waals surface area (Å²) in [4.78, 5) is 26.6. The molecule has 0 aliphatic heterocycles. The Morgan fingerprint density at radius 1 is 1.03 bits per heavy atom. The van der Waals surface area contributed by atoms with Crippen molar-refractivity contribution in [2.24, 2.45) is 5.92 Å². The third-order valence-corrected chi connectivity index (χ3v) is 7.88. The molecule has 2 aromatic rings. The topological polar surface area (TPSA) is 64.6 Å². The molecule has 1 atom stereocenters. The van der Waals surface area contributed by atoms with Crippen molar-refractivity contribution < 1.29 is 19.1 Å². The third kappa shape index (κ3) is 5.26. The highest BCUT2D eigenvalue weighted by Gasteiger charge is 2.38. The van der Waals surface area contributed by atoms with Crippen LogP contribution in [0.1, 0.15) is 81.6 Å². The molecule has 33 heavy (non-hydrogen) atoms. The number of rotatable bonds is 7. The van der Waals surface area contributed by atoms with E-state index in [-0.39, 0.29) is 22.7 Å². The fourth-order valence-corrected chi connectivity index (χ4v) is 5.55. The van der Waals surface area contributed by atoms with Crippen LogP contribution in [0.3, 0.4) is 0 Å². The molecule has 0 saturated heterocycles. The molecule has 1 aromatic heterocycles. The third-order valence-electron chi connectivity index (χ3n) is 6.77. The summed E-state index contributed by atoms with van der Waals surface area (Å²) < 4.78 is 10.7. The zero-order valence-corrected chi connectivity index (χ0v) is 21.9. The smallest absolute Gasteiger partial charge is 0.328 e. The van der Waals surface area contributed by atoms with Crippen LogP contribution in [0.25, 0.3) is 10.4 Å². The van der Waals surface area contributed by atoms with Crippen molar-refractivity contribution in [3.05, 3.63) is 40.3 Å². The van der Waals surface area contributed by atoms with Crippen molar-refractivity contribution in [3.8, 4) is 16.2 Å². The van der Waals surface area contributed by atoms with Crippen LogP contribution in [0.4, 0.5) is 0 Å². The number of methoxy groups -OCH3 is 2. The Bertz CT molecular complexity index is 1030. The summed E-state index contributed by atoms with van der Waals surface area (Å²) in [5.41, 5.74) is 3.85. The van der Waals surface area contributed by atoms with Gasteiger partial charge in [0.2, 0.25) is 0 Å². The molecule has 1 N–H and O–H groups in total. The van der Waals surface area contributed by atoms with E-state index in [1.54, 1.807) is 7.11 Å². The first kappa shape index (κ1) is 25.3. The van der Waals surface area contributed by atoms with Gasteiger partial charge in [-0.15, -0.1) is 11.3 Å². The highest BCUT2D eigenvalue weighted by Crippen LogP contribution is 2.49. The SMILES string of the molecule is COC(=O)C(CC(C)C)NC(=O)c1ccc(-c2cc3c(cc2OC)C(C)(C)CCC3(C)C)s1. The number of carbonyl (C=O) groups excluding carboxylic acids is 2. The first-order valence-electron chi connectivity index (χ1n) is 11.6. The predicted molar refractivity (Wildman–Crippen MR) is 134 cm³/mol. The lowest BCUT2D eigenvalue weighted by Crippen LogP contribution is -2.42. The van der Waals surface area contributed by atoms with Gasteiger partial charge >= 0.3 is 5.97 Å². The largest absolute Gasteiger partial charge is 0.496 e. The minimum atomic E-state index is -0.658. The van der Waals surface area contributed by atoms with Gasteiger partial charge in [-0.3, -0.25) is 4.79 Å². The average Bonchev–Trinajstić information content (AvgIpc) is 3.25. The minimum Gasteiger partial charge on any atom is -0.496 e. The van der Waals surface area contributed by atoms with E-state index in [4.69, 9.17) is 9.47 Å². The Morgan fingerprint density at radius 3 is 2.18 bits per heavy atom. The number of carbonyl (C=O) groups is 2. The molecule has 1 aromatic carbocycles. The molecule has 0 spiro atoms. The first-order chi connectivity index (χ1) is 15.4. The lowest BCUT2D eigenvalue weighted by molar-refractivity contribution is -0.143. The highest BCUT2D eigenvalue weighted by atomic mass is 32.1. The number of amides is 1. The van der Waals surface area contributed by atoms with Crippen LogP contribution in [0.2, 0.25) is 0 Å². The molecule has 1 unspecified atom stereocenters. The first-order valence-corrected chi connectivity index (χ1v) is 12.4. The van der Waals surface area contributed by atoms with E-state index < -0.39 is 12.0 Å². The van der Waals surface area contributed by atoms with Crippen molar-refractivity contribution >= 4 is 23.2 Å². The molecule has 0 radical (unpaired) electrons. The van der Waals surface area contributed by atoms with Gasteiger partial charge in [-0.25, -0.2) is 4.79 Å². The van der Waals surface area contributed by atoms with E-state index in [1.165, 1.54) is 29.6 Å². The van der Waals surface area contributed by atoms with Crippen LogP contribution in [0.5, 0.6) is 5.75 Å². The Morgan fingerprint density at radius 2 is 1.64 bits per heavy atom. The Balaban J connectivity index is 1.95. The van der Waals surface area contributed by atoms with Gasteiger partial charge in [0.25, 0.3) is 5.91 Å². The van der Waals surface area contributed by atoms with Crippen molar-refractivity contribution in [1.82, 2.24) is 5.32 Å². The summed E-state index contributed by atoms with van der Waals surface area (Å²) >= 11 is 1.41. The van der Waals surface area contributed by atoms with Gasteiger partial charge in [-0.2, -0.15) is 0 Å². The molecule has 180 valence electrons. The number of fused-ring (bicyclic) bond motifs is 1. The summed E-state index contributed by atoms with van der Waals surface area (Å²) in [5.74, 6) is 0.386. The number of esters is 1. The van der Waals surface area contributed by atoms with Crippen LogP contribution in [0.15, 0.2) is 24.3 Å². The number of ether oxygens (including phenoxy) is 2. The number of hydrogen-bond donors (Lipinski definition) is 1. The van der Waals surface area contributed by atoms with Gasteiger partial charge in [0.1, 0.15) is 11.8 Å². The van der Waals surface area contributed by atoms with E-state index in [9.17, 15) is 9.59 Å². The van der Waals surface area contributed by atoms with Crippen LogP contribution < -0.4 is 10.1 Å². The van der Waals surface area contributed by atoms with Gasteiger partial charge in [0.05, 0.1) is 19.1 Å². The highest BCUT2D eigenvalue weighted by molar-refractivity contribution is 7.17. The normalized spacial score (nSPS) is 17.2. The maximum atomic E-state index is 12.9. The lowest BCUT2D eigenvalue weighted by atomic mass is 9.63. The maximum absolute atomic E-state index is 12.9. The Kier molecular flexibility index (Phi) is 7.27. The summed E-state index contributed by atoms with van der Waals surface area (Å²) in [7, 11) is 3.04. The fourth-order valence-electron chi connectivity index (χ4n) is 4.62. The van der Waals surface area contributed by atoms with E-state index in [2.05, 4.69) is 45.1 Å². The minimum absolute atomic E-state index is 0.0773. The summed E-state index contributed by atoms with van der Waals surface area (Å²) in [6, 6.07) is 7.54. The number of thiophene rings is 1. The van der Waals surface area contributed by atoms with Gasteiger partial charge in [0.15, 0.2) is 0 Å². The van der Waals surface area contributed by atoms with Gasteiger partial charge in [-0.1, -0.05) is 41.5 Å². The van der Waals surface area contributed by atoms with Crippen molar-refractivity contribution in [3.63, 3.8) is 0 Å². The summed E-state index contributed by atoms with van der Waals surface area (Å²) in [5, 5.41) is 2.85. The van der Waals surface area contributed by atoms with Gasteiger partial charge in [-0.05, 0) is 71.4 Å². The number of benzene rings is 1. The molecular weight excluding hydrogens is 434 g/mol. The zero-order valence-electron chi connectivity index (χ0n) is 21.1. The van der Waals surface area contributed by atoms with E-state index in [0.29, 0.717) is 11.3 Å². The van der Waals surface area contributed by atoms with Crippen LogP contribution in [-0.2, 0) is 20.4 Å². The second kappa shape index (κ2) is 9.49. The molecule has 0 saturated carbocycles. The summed E-state index contributed by atoms with van der Waals surface area (Å²) in [6.45, 7) is 13.2. The molecule has 1 amide bonds. The lowest BCUT2D eigenvalue weighted by Gasteiger charge is -2.42. The Labute approximate surface area is 201 Å². The monoisotopic (exact) mass is 471 g/mol.